The minimum Gasteiger partial charge on any atom is -0.341 e. The summed E-state index contributed by atoms with van der Waals surface area (Å²) in [5, 5.41) is 2.90. The molecule has 1 N–H and O–H groups in total. The van der Waals surface area contributed by atoms with Gasteiger partial charge in [0.15, 0.2) is 0 Å². The molecule has 6 nitrogen and oxygen atoms in total. The minimum absolute atomic E-state index is 0.146. The summed E-state index contributed by atoms with van der Waals surface area (Å²) in [5.41, 5.74) is -0.797. The van der Waals surface area contributed by atoms with E-state index in [-0.39, 0.29) is 18.4 Å². The van der Waals surface area contributed by atoms with Crippen molar-refractivity contribution in [3.8, 4) is 0 Å². The first kappa shape index (κ1) is 18.7. The molecule has 0 aromatic heterocycles. The maximum absolute atomic E-state index is 12.9. The average Bonchev–Trinajstić information content (AvgIpc) is 2.71. The number of imide groups is 1. The molecular formula is C18H31N3O3. The summed E-state index contributed by atoms with van der Waals surface area (Å²) in [4.78, 5) is 40.6. The Hall–Kier alpha value is -1.59. The molecule has 1 saturated heterocycles. The van der Waals surface area contributed by atoms with Crippen molar-refractivity contribution in [3.63, 3.8) is 0 Å². The summed E-state index contributed by atoms with van der Waals surface area (Å²) >= 11 is 0. The van der Waals surface area contributed by atoms with Crippen molar-refractivity contribution in [2.24, 2.45) is 11.8 Å². The van der Waals surface area contributed by atoms with Crippen molar-refractivity contribution in [1.29, 1.82) is 0 Å². The van der Waals surface area contributed by atoms with Gasteiger partial charge in [0.25, 0.3) is 5.91 Å². The molecule has 0 aromatic carbocycles. The van der Waals surface area contributed by atoms with E-state index >= 15 is 0 Å². The van der Waals surface area contributed by atoms with Crippen molar-refractivity contribution in [1.82, 2.24) is 15.1 Å². The second-order valence-corrected chi connectivity index (χ2v) is 7.58. The first-order valence-corrected chi connectivity index (χ1v) is 9.24. The van der Waals surface area contributed by atoms with Gasteiger partial charge in [-0.3, -0.25) is 14.5 Å². The van der Waals surface area contributed by atoms with Crippen molar-refractivity contribution >= 4 is 17.8 Å². The molecule has 1 saturated carbocycles. The summed E-state index contributed by atoms with van der Waals surface area (Å²) in [7, 11) is 0. The Labute approximate surface area is 144 Å². The predicted molar refractivity (Wildman–Crippen MR) is 92.3 cm³/mol. The summed E-state index contributed by atoms with van der Waals surface area (Å²) < 4.78 is 0. The summed E-state index contributed by atoms with van der Waals surface area (Å²) in [6, 6.07) is -0.416. The first-order valence-electron chi connectivity index (χ1n) is 9.24. The highest BCUT2D eigenvalue weighted by atomic mass is 16.2. The van der Waals surface area contributed by atoms with Crippen molar-refractivity contribution in [2.75, 3.05) is 19.6 Å². The maximum Gasteiger partial charge on any atom is 0.325 e. The molecular weight excluding hydrogens is 306 g/mol. The molecule has 1 aliphatic heterocycles. The van der Waals surface area contributed by atoms with E-state index in [0.717, 1.165) is 24.2 Å². The number of amides is 4. The van der Waals surface area contributed by atoms with Gasteiger partial charge in [-0.05, 0) is 44.4 Å². The highest BCUT2D eigenvalue weighted by Gasteiger charge is 2.54. The molecule has 2 fully saturated rings. The third-order valence-corrected chi connectivity index (χ3v) is 5.25. The molecule has 6 heteroatoms. The van der Waals surface area contributed by atoms with Crippen LogP contribution in [0.4, 0.5) is 4.79 Å². The monoisotopic (exact) mass is 337 g/mol. The number of urea groups is 1. The lowest BCUT2D eigenvalue weighted by Gasteiger charge is -2.38. The van der Waals surface area contributed by atoms with Crippen molar-refractivity contribution in [2.45, 2.75) is 65.3 Å². The van der Waals surface area contributed by atoms with Crippen molar-refractivity contribution in [3.05, 3.63) is 0 Å². The number of nitrogens with zero attached hydrogens (tertiary/aromatic N) is 2. The quantitative estimate of drug-likeness (QED) is 0.757. The third kappa shape index (κ3) is 3.73. The standard InChI is InChI=1S/C18H31N3O3/c1-5-7-8-20(6-2)15(22)12-21-16(23)18(19-17(21)24)10-13(3)9-14(4)11-18/h13-14H,5-12H2,1-4H3,(H,19,24)/t13-,14-/m1/s1. The Morgan fingerprint density at radius 3 is 2.42 bits per heavy atom. The number of likely N-dealkylation sites (N-methyl/N-ethyl adjacent to an activating group) is 1. The Morgan fingerprint density at radius 1 is 1.25 bits per heavy atom. The normalized spacial score (nSPS) is 29.9. The van der Waals surface area contributed by atoms with Gasteiger partial charge >= 0.3 is 6.03 Å². The van der Waals surface area contributed by atoms with Gasteiger partial charge in [0.1, 0.15) is 12.1 Å². The fourth-order valence-electron chi connectivity index (χ4n) is 4.27. The lowest BCUT2D eigenvalue weighted by atomic mass is 9.71. The van der Waals surface area contributed by atoms with Crippen LogP contribution in [0.1, 0.15) is 59.8 Å². The lowest BCUT2D eigenvalue weighted by Crippen LogP contribution is -2.52. The van der Waals surface area contributed by atoms with Crippen LogP contribution >= 0.6 is 0 Å². The maximum atomic E-state index is 12.9. The molecule has 24 heavy (non-hydrogen) atoms. The number of hydrogen-bond acceptors (Lipinski definition) is 3. The van der Waals surface area contributed by atoms with Crippen LogP contribution in [0.15, 0.2) is 0 Å². The van der Waals surface area contributed by atoms with Crippen LogP contribution in [0.25, 0.3) is 0 Å². The SMILES string of the molecule is CCCCN(CC)C(=O)CN1C(=O)NC2(C[C@H](C)C[C@@H](C)C2)C1=O. The van der Waals surface area contributed by atoms with Crippen LogP contribution in [0.2, 0.25) is 0 Å². The number of nitrogens with one attached hydrogen (secondary N) is 1. The fourth-order valence-corrected chi connectivity index (χ4v) is 4.27. The predicted octanol–water partition coefficient (Wildman–Crippen LogP) is 2.38. The highest BCUT2D eigenvalue weighted by molar-refractivity contribution is 6.09. The number of rotatable bonds is 6. The van der Waals surface area contributed by atoms with E-state index in [1.807, 2.05) is 6.92 Å². The molecule has 2 aliphatic rings. The smallest absolute Gasteiger partial charge is 0.325 e. The Morgan fingerprint density at radius 2 is 1.88 bits per heavy atom. The molecule has 2 rings (SSSR count). The topological polar surface area (TPSA) is 69.7 Å². The van der Waals surface area contributed by atoms with Crippen LogP contribution in [0.3, 0.4) is 0 Å². The molecule has 0 bridgehead atoms. The van der Waals surface area contributed by atoms with E-state index in [1.165, 1.54) is 0 Å². The van der Waals surface area contributed by atoms with Gasteiger partial charge in [-0.15, -0.1) is 0 Å². The van der Waals surface area contributed by atoms with Crippen LogP contribution in [0.5, 0.6) is 0 Å². The molecule has 1 aliphatic carbocycles. The number of carbonyl (C=O) groups excluding carboxylic acids is 3. The Bertz CT molecular complexity index is 496. The summed E-state index contributed by atoms with van der Waals surface area (Å²) in [6.45, 7) is 9.36. The van der Waals surface area contributed by atoms with Crippen LogP contribution in [-0.4, -0.2) is 52.8 Å². The Balaban J connectivity index is 2.07. The van der Waals surface area contributed by atoms with Crippen LogP contribution in [-0.2, 0) is 9.59 Å². The molecule has 136 valence electrons. The second kappa shape index (κ2) is 7.53. The molecule has 1 spiro atoms. The molecule has 2 atom stereocenters. The molecule has 0 radical (unpaired) electrons. The molecule has 4 amide bonds. The van der Waals surface area contributed by atoms with Gasteiger partial charge in [0, 0.05) is 13.1 Å². The van der Waals surface area contributed by atoms with Gasteiger partial charge in [-0.25, -0.2) is 4.79 Å². The van der Waals surface area contributed by atoms with Crippen LogP contribution in [0, 0.1) is 11.8 Å². The highest BCUT2D eigenvalue weighted by Crippen LogP contribution is 2.39. The zero-order valence-corrected chi connectivity index (χ0v) is 15.4. The number of unbranched alkanes of at least 4 members (excludes halogenated alkanes) is 1. The van der Waals surface area contributed by atoms with E-state index in [9.17, 15) is 14.4 Å². The largest absolute Gasteiger partial charge is 0.341 e. The van der Waals surface area contributed by atoms with Gasteiger partial charge < -0.3 is 10.2 Å². The molecule has 1 heterocycles. The zero-order chi connectivity index (χ0) is 17.9. The van der Waals surface area contributed by atoms with Crippen molar-refractivity contribution < 1.29 is 14.4 Å². The van der Waals surface area contributed by atoms with Crippen LogP contribution < -0.4 is 5.32 Å². The van der Waals surface area contributed by atoms with E-state index in [1.54, 1.807) is 4.90 Å². The lowest BCUT2D eigenvalue weighted by molar-refractivity contribution is -0.140. The van der Waals surface area contributed by atoms with E-state index in [2.05, 4.69) is 26.1 Å². The van der Waals surface area contributed by atoms with Gasteiger partial charge in [0.05, 0.1) is 0 Å². The summed E-state index contributed by atoms with van der Waals surface area (Å²) in [5.74, 6) is 0.421. The van der Waals surface area contributed by atoms with E-state index in [0.29, 0.717) is 37.8 Å². The van der Waals surface area contributed by atoms with Gasteiger partial charge in [0.2, 0.25) is 5.91 Å². The zero-order valence-electron chi connectivity index (χ0n) is 15.4. The number of hydrogen-bond donors (Lipinski definition) is 1. The third-order valence-electron chi connectivity index (χ3n) is 5.25. The van der Waals surface area contributed by atoms with E-state index in [4.69, 9.17) is 0 Å². The first-order chi connectivity index (χ1) is 11.3. The average molecular weight is 337 g/mol. The molecule has 0 unspecified atom stereocenters. The molecule has 0 aromatic rings. The summed E-state index contributed by atoms with van der Waals surface area (Å²) in [6.07, 6.45) is 4.34. The van der Waals surface area contributed by atoms with Gasteiger partial charge in [-0.2, -0.15) is 0 Å². The minimum atomic E-state index is -0.797. The fraction of sp³-hybridized carbons (Fsp3) is 0.833. The second-order valence-electron chi connectivity index (χ2n) is 7.58. The number of carbonyl (C=O) groups is 3. The van der Waals surface area contributed by atoms with Gasteiger partial charge in [-0.1, -0.05) is 27.2 Å². The Kier molecular flexibility index (Phi) is 5.88. The van der Waals surface area contributed by atoms with E-state index < -0.39 is 11.6 Å².